The van der Waals surface area contributed by atoms with Crippen molar-refractivity contribution in [2.24, 2.45) is 5.92 Å². The van der Waals surface area contributed by atoms with E-state index in [9.17, 15) is 4.79 Å². The van der Waals surface area contributed by atoms with Gasteiger partial charge in [0.15, 0.2) is 12.4 Å². The summed E-state index contributed by atoms with van der Waals surface area (Å²) in [6.07, 6.45) is 3.98. The van der Waals surface area contributed by atoms with Crippen molar-refractivity contribution in [3.05, 3.63) is 0 Å². The van der Waals surface area contributed by atoms with Gasteiger partial charge in [-0.3, -0.25) is 0 Å². The van der Waals surface area contributed by atoms with Crippen molar-refractivity contribution in [3.63, 3.8) is 0 Å². The summed E-state index contributed by atoms with van der Waals surface area (Å²) in [7, 11) is 0. The molecule has 1 heterocycles. The quantitative estimate of drug-likeness (QED) is 0.745. The fourth-order valence-corrected chi connectivity index (χ4v) is 1.75. The van der Waals surface area contributed by atoms with Crippen LogP contribution in [-0.4, -0.2) is 30.1 Å². The van der Waals surface area contributed by atoms with Crippen LogP contribution in [0.15, 0.2) is 0 Å². The highest BCUT2D eigenvalue weighted by Crippen LogP contribution is 2.35. The summed E-state index contributed by atoms with van der Waals surface area (Å²) in [5, 5.41) is 8.93. The fraction of sp³-hybridized carbons (Fsp3) is 0.900. The molecule has 1 N–H and O–H groups in total. The van der Waals surface area contributed by atoms with Gasteiger partial charge in [0.1, 0.15) is 0 Å². The maximum absolute atomic E-state index is 10.9. The molecule has 2 rings (SSSR count). The van der Waals surface area contributed by atoms with Crippen LogP contribution in [0, 0.1) is 5.92 Å². The van der Waals surface area contributed by atoms with Gasteiger partial charge in [0, 0.05) is 6.61 Å². The number of carboxylic acids is 1. The largest absolute Gasteiger partial charge is 0.479 e. The van der Waals surface area contributed by atoms with Gasteiger partial charge < -0.3 is 14.6 Å². The van der Waals surface area contributed by atoms with Crippen molar-refractivity contribution in [2.45, 2.75) is 44.5 Å². The minimum Gasteiger partial charge on any atom is -0.479 e. The van der Waals surface area contributed by atoms with Gasteiger partial charge in [-0.2, -0.15) is 0 Å². The second-order valence-corrected chi connectivity index (χ2v) is 4.03. The Bertz CT molecular complexity index is 206. The Morgan fingerprint density at radius 3 is 2.64 bits per heavy atom. The molecule has 0 radical (unpaired) electrons. The third kappa shape index (κ3) is 2.45. The second-order valence-electron chi connectivity index (χ2n) is 4.03. The topological polar surface area (TPSA) is 55.8 Å². The molecule has 1 aliphatic carbocycles. The predicted octanol–water partition coefficient (Wildman–Crippen LogP) is 1.39. The summed E-state index contributed by atoms with van der Waals surface area (Å²) in [4.78, 5) is 10.9. The highest BCUT2D eigenvalue weighted by Gasteiger charge is 2.39. The van der Waals surface area contributed by atoms with Crippen LogP contribution in [-0.2, 0) is 14.3 Å². The zero-order chi connectivity index (χ0) is 9.97. The lowest BCUT2D eigenvalue weighted by molar-refractivity contribution is -0.204. The van der Waals surface area contributed by atoms with Crippen molar-refractivity contribution < 1.29 is 19.4 Å². The van der Waals surface area contributed by atoms with E-state index in [1.165, 1.54) is 0 Å². The molecule has 2 fully saturated rings. The Balaban J connectivity index is 1.82. The SMILES string of the molecule is O=C(O)C(OC1CCCCO1)C1CC1. The van der Waals surface area contributed by atoms with E-state index in [-0.39, 0.29) is 12.2 Å². The van der Waals surface area contributed by atoms with Crippen molar-refractivity contribution in [1.82, 2.24) is 0 Å². The fourth-order valence-electron chi connectivity index (χ4n) is 1.75. The summed E-state index contributed by atoms with van der Waals surface area (Å²) in [5.74, 6) is -0.625. The molecule has 0 spiro atoms. The Labute approximate surface area is 83.2 Å². The van der Waals surface area contributed by atoms with Crippen molar-refractivity contribution in [2.75, 3.05) is 6.61 Å². The number of ether oxygens (including phenoxy) is 2. The van der Waals surface area contributed by atoms with Gasteiger partial charge in [-0.25, -0.2) is 4.79 Å². The molecule has 4 heteroatoms. The smallest absolute Gasteiger partial charge is 0.333 e. The van der Waals surface area contributed by atoms with E-state index in [4.69, 9.17) is 14.6 Å². The van der Waals surface area contributed by atoms with Crippen LogP contribution in [0.1, 0.15) is 32.1 Å². The van der Waals surface area contributed by atoms with Crippen LogP contribution >= 0.6 is 0 Å². The van der Waals surface area contributed by atoms with E-state index < -0.39 is 12.1 Å². The molecule has 0 aromatic heterocycles. The number of carboxylic acid groups (broad SMARTS) is 1. The van der Waals surface area contributed by atoms with Gasteiger partial charge in [-0.1, -0.05) is 0 Å². The highest BCUT2D eigenvalue weighted by molar-refractivity contribution is 5.73. The first-order valence-electron chi connectivity index (χ1n) is 5.27. The van der Waals surface area contributed by atoms with Crippen LogP contribution in [0.25, 0.3) is 0 Å². The molecule has 0 bridgehead atoms. The standard InChI is InChI=1S/C10H16O4/c11-10(12)9(7-4-5-7)14-8-3-1-2-6-13-8/h7-9H,1-6H2,(H,11,12). The molecule has 0 aromatic carbocycles. The van der Waals surface area contributed by atoms with Gasteiger partial charge in [0.2, 0.25) is 0 Å². The average Bonchev–Trinajstić information content (AvgIpc) is 2.99. The first-order chi connectivity index (χ1) is 6.77. The maximum atomic E-state index is 10.9. The van der Waals surface area contributed by atoms with Crippen LogP contribution in [0.5, 0.6) is 0 Å². The summed E-state index contributed by atoms with van der Waals surface area (Å²) in [5.41, 5.74) is 0. The van der Waals surface area contributed by atoms with Crippen LogP contribution in [0.2, 0.25) is 0 Å². The van der Waals surface area contributed by atoms with Crippen LogP contribution in [0.3, 0.4) is 0 Å². The van der Waals surface area contributed by atoms with Crippen LogP contribution < -0.4 is 0 Å². The number of rotatable bonds is 4. The number of hydrogen-bond acceptors (Lipinski definition) is 3. The van der Waals surface area contributed by atoms with Crippen LogP contribution in [0.4, 0.5) is 0 Å². The van der Waals surface area contributed by atoms with Gasteiger partial charge in [0.25, 0.3) is 0 Å². The average molecular weight is 200 g/mol. The molecule has 2 atom stereocenters. The minimum absolute atomic E-state index is 0.220. The van der Waals surface area contributed by atoms with E-state index in [1.807, 2.05) is 0 Å². The first-order valence-corrected chi connectivity index (χ1v) is 5.27. The molecule has 0 amide bonds. The second kappa shape index (κ2) is 4.28. The highest BCUT2D eigenvalue weighted by atomic mass is 16.7. The minimum atomic E-state index is -0.846. The zero-order valence-electron chi connectivity index (χ0n) is 8.15. The van der Waals surface area contributed by atoms with Gasteiger partial charge in [-0.05, 0) is 38.0 Å². The molecule has 1 saturated carbocycles. The monoisotopic (exact) mass is 200 g/mol. The maximum Gasteiger partial charge on any atom is 0.333 e. The number of carbonyl (C=O) groups is 1. The van der Waals surface area contributed by atoms with E-state index in [1.54, 1.807) is 0 Å². The van der Waals surface area contributed by atoms with E-state index in [0.717, 1.165) is 32.1 Å². The van der Waals surface area contributed by atoms with Crippen molar-refractivity contribution in [3.8, 4) is 0 Å². The van der Waals surface area contributed by atoms with E-state index in [0.29, 0.717) is 6.61 Å². The molecule has 1 saturated heterocycles. The van der Waals surface area contributed by atoms with Gasteiger partial charge in [-0.15, -0.1) is 0 Å². The molecule has 2 unspecified atom stereocenters. The van der Waals surface area contributed by atoms with E-state index in [2.05, 4.69) is 0 Å². The molecule has 80 valence electrons. The van der Waals surface area contributed by atoms with Crippen molar-refractivity contribution in [1.29, 1.82) is 0 Å². The normalized spacial score (nSPS) is 29.9. The molecular weight excluding hydrogens is 184 g/mol. The molecular formula is C10H16O4. The Morgan fingerprint density at radius 2 is 2.14 bits per heavy atom. The third-order valence-corrected chi connectivity index (χ3v) is 2.73. The Morgan fingerprint density at radius 1 is 1.36 bits per heavy atom. The van der Waals surface area contributed by atoms with Crippen molar-refractivity contribution >= 4 is 5.97 Å². The predicted molar refractivity (Wildman–Crippen MR) is 48.8 cm³/mol. The summed E-state index contributed by atoms with van der Waals surface area (Å²) in [6.45, 7) is 0.696. The lowest BCUT2D eigenvalue weighted by Crippen LogP contribution is -2.34. The number of hydrogen-bond donors (Lipinski definition) is 1. The molecule has 1 aliphatic heterocycles. The Hall–Kier alpha value is -0.610. The molecule has 2 aliphatic rings. The van der Waals surface area contributed by atoms with Gasteiger partial charge in [0.05, 0.1) is 0 Å². The summed E-state index contributed by atoms with van der Waals surface area (Å²) in [6, 6.07) is 0. The zero-order valence-corrected chi connectivity index (χ0v) is 8.15. The summed E-state index contributed by atoms with van der Waals surface area (Å²) >= 11 is 0. The molecule has 4 nitrogen and oxygen atoms in total. The lowest BCUT2D eigenvalue weighted by atomic mass is 10.2. The van der Waals surface area contributed by atoms with E-state index >= 15 is 0 Å². The third-order valence-electron chi connectivity index (χ3n) is 2.73. The Kier molecular flexibility index (Phi) is 3.03. The summed E-state index contributed by atoms with van der Waals surface area (Å²) < 4.78 is 10.8. The van der Waals surface area contributed by atoms with Gasteiger partial charge >= 0.3 is 5.97 Å². The number of aliphatic carboxylic acids is 1. The first kappa shape index (κ1) is 9.93. The molecule has 14 heavy (non-hydrogen) atoms. The molecule has 0 aromatic rings. The lowest BCUT2D eigenvalue weighted by Gasteiger charge is -2.25.